The van der Waals surface area contributed by atoms with Gasteiger partial charge in [-0.2, -0.15) is 0 Å². The minimum Gasteiger partial charge on any atom is -0.349 e. The molecule has 0 saturated carbocycles. The molecule has 0 radical (unpaired) electrons. The van der Waals surface area contributed by atoms with E-state index in [4.69, 9.17) is 5.73 Å². The Morgan fingerprint density at radius 3 is 2.75 bits per heavy atom. The zero-order valence-corrected chi connectivity index (χ0v) is 9.40. The van der Waals surface area contributed by atoms with Crippen LogP contribution in [0.1, 0.15) is 24.3 Å². The Bertz CT molecular complexity index is 351. The first-order valence-electron chi connectivity index (χ1n) is 5.16. The lowest BCUT2D eigenvalue weighted by atomic mass is 10.1. The molecule has 16 heavy (non-hydrogen) atoms. The Kier molecular flexibility index (Phi) is 4.37. The summed E-state index contributed by atoms with van der Waals surface area (Å²) in [6, 6.07) is 2.44. The fraction of sp³-hybridized carbons (Fsp3) is 0.455. The molecular weight excluding hydrogens is 209 g/mol. The summed E-state index contributed by atoms with van der Waals surface area (Å²) in [7, 11) is 0. The number of hydrogen-bond donors (Lipinski definition) is 2. The van der Waals surface area contributed by atoms with E-state index in [1.807, 2.05) is 13.8 Å². The molecule has 0 aliphatic carbocycles. The van der Waals surface area contributed by atoms with Crippen LogP contribution in [0.25, 0.3) is 0 Å². The first-order chi connectivity index (χ1) is 7.50. The number of nitrogens with zero attached hydrogens (tertiary/aromatic N) is 1. The number of amides is 1. The van der Waals surface area contributed by atoms with Crippen molar-refractivity contribution in [1.82, 2.24) is 10.3 Å². The second-order valence-corrected chi connectivity index (χ2v) is 3.98. The SMILES string of the molecule is CC(C)C(N)CNC(=O)c1ccc(F)cn1. The van der Waals surface area contributed by atoms with Gasteiger partial charge in [-0.15, -0.1) is 0 Å². The maximum Gasteiger partial charge on any atom is 0.269 e. The van der Waals surface area contributed by atoms with Gasteiger partial charge in [0.15, 0.2) is 0 Å². The zero-order valence-electron chi connectivity index (χ0n) is 9.40. The van der Waals surface area contributed by atoms with Gasteiger partial charge in [0, 0.05) is 12.6 Å². The van der Waals surface area contributed by atoms with Crippen LogP contribution >= 0.6 is 0 Å². The Hall–Kier alpha value is -1.49. The fourth-order valence-electron chi connectivity index (χ4n) is 1.05. The number of carbonyl (C=O) groups is 1. The summed E-state index contributed by atoms with van der Waals surface area (Å²) in [4.78, 5) is 15.2. The van der Waals surface area contributed by atoms with Crippen molar-refractivity contribution in [1.29, 1.82) is 0 Å². The minimum absolute atomic E-state index is 0.0931. The highest BCUT2D eigenvalue weighted by molar-refractivity contribution is 5.92. The number of carbonyl (C=O) groups excluding carboxylic acids is 1. The van der Waals surface area contributed by atoms with Gasteiger partial charge >= 0.3 is 0 Å². The van der Waals surface area contributed by atoms with Gasteiger partial charge in [-0.25, -0.2) is 9.37 Å². The average Bonchev–Trinajstić information content (AvgIpc) is 2.26. The van der Waals surface area contributed by atoms with E-state index in [-0.39, 0.29) is 17.6 Å². The van der Waals surface area contributed by atoms with Crippen molar-refractivity contribution in [3.63, 3.8) is 0 Å². The summed E-state index contributed by atoms with van der Waals surface area (Å²) < 4.78 is 12.6. The standard InChI is InChI=1S/C11H16FN3O/c1-7(2)9(13)6-15-11(16)10-4-3-8(12)5-14-10/h3-5,7,9H,6,13H2,1-2H3,(H,15,16). The second-order valence-electron chi connectivity index (χ2n) is 3.98. The van der Waals surface area contributed by atoms with Gasteiger partial charge in [-0.05, 0) is 18.1 Å². The van der Waals surface area contributed by atoms with Crippen LogP contribution in [-0.4, -0.2) is 23.5 Å². The van der Waals surface area contributed by atoms with Crippen molar-refractivity contribution >= 4 is 5.91 Å². The highest BCUT2D eigenvalue weighted by Crippen LogP contribution is 1.99. The largest absolute Gasteiger partial charge is 0.349 e. The molecule has 3 N–H and O–H groups in total. The molecular formula is C11H16FN3O. The van der Waals surface area contributed by atoms with Gasteiger partial charge in [-0.1, -0.05) is 13.8 Å². The third kappa shape index (κ3) is 3.58. The number of halogens is 1. The van der Waals surface area contributed by atoms with Crippen LogP contribution in [-0.2, 0) is 0 Å². The van der Waals surface area contributed by atoms with Gasteiger partial charge in [-0.3, -0.25) is 4.79 Å². The van der Waals surface area contributed by atoms with E-state index < -0.39 is 5.82 Å². The summed E-state index contributed by atoms with van der Waals surface area (Å²) in [5, 5.41) is 2.65. The Balaban J connectivity index is 2.50. The normalized spacial score (nSPS) is 12.6. The number of aromatic nitrogens is 1. The predicted molar refractivity (Wildman–Crippen MR) is 59.3 cm³/mol. The Morgan fingerprint density at radius 2 is 2.25 bits per heavy atom. The molecule has 0 fully saturated rings. The van der Waals surface area contributed by atoms with Crippen LogP contribution in [0.5, 0.6) is 0 Å². The topological polar surface area (TPSA) is 68.0 Å². The molecule has 1 rings (SSSR count). The smallest absolute Gasteiger partial charge is 0.269 e. The molecule has 0 bridgehead atoms. The third-order valence-corrected chi connectivity index (χ3v) is 2.31. The number of hydrogen-bond acceptors (Lipinski definition) is 3. The summed E-state index contributed by atoms with van der Waals surface area (Å²) >= 11 is 0. The van der Waals surface area contributed by atoms with Crippen LogP contribution in [0.15, 0.2) is 18.3 Å². The third-order valence-electron chi connectivity index (χ3n) is 2.31. The van der Waals surface area contributed by atoms with Crippen molar-refractivity contribution in [2.45, 2.75) is 19.9 Å². The lowest BCUT2D eigenvalue weighted by molar-refractivity contribution is 0.0944. The molecule has 88 valence electrons. The van der Waals surface area contributed by atoms with E-state index >= 15 is 0 Å². The summed E-state index contributed by atoms with van der Waals surface area (Å²) in [6.45, 7) is 4.34. The van der Waals surface area contributed by atoms with E-state index in [0.29, 0.717) is 12.5 Å². The molecule has 0 spiro atoms. The van der Waals surface area contributed by atoms with Crippen molar-refractivity contribution in [2.24, 2.45) is 11.7 Å². The van der Waals surface area contributed by atoms with Crippen LogP contribution in [0, 0.1) is 11.7 Å². The number of nitrogens with two attached hydrogens (primary N) is 1. The molecule has 0 aliphatic rings. The first-order valence-corrected chi connectivity index (χ1v) is 5.16. The van der Waals surface area contributed by atoms with Gasteiger partial charge in [0.1, 0.15) is 11.5 Å². The quantitative estimate of drug-likeness (QED) is 0.801. The van der Waals surface area contributed by atoms with E-state index in [0.717, 1.165) is 6.20 Å². The molecule has 1 unspecified atom stereocenters. The summed E-state index contributed by atoms with van der Waals surface area (Å²) in [5.74, 6) is -0.506. The Labute approximate surface area is 94.1 Å². The molecule has 1 heterocycles. The summed E-state index contributed by atoms with van der Waals surface area (Å²) in [5.41, 5.74) is 5.96. The number of pyridine rings is 1. The van der Waals surface area contributed by atoms with Crippen LogP contribution in [0.2, 0.25) is 0 Å². The highest BCUT2D eigenvalue weighted by atomic mass is 19.1. The Morgan fingerprint density at radius 1 is 1.56 bits per heavy atom. The predicted octanol–water partition coefficient (Wildman–Crippen LogP) is 0.934. The fourth-order valence-corrected chi connectivity index (χ4v) is 1.05. The van der Waals surface area contributed by atoms with Gasteiger partial charge in [0.25, 0.3) is 5.91 Å². The highest BCUT2D eigenvalue weighted by Gasteiger charge is 2.11. The minimum atomic E-state index is -0.463. The molecule has 0 saturated heterocycles. The number of rotatable bonds is 4. The number of nitrogens with one attached hydrogen (secondary N) is 1. The lowest BCUT2D eigenvalue weighted by Crippen LogP contribution is -2.40. The molecule has 1 atom stereocenters. The summed E-state index contributed by atoms with van der Waals surface area (Å²) in [6.07, 6.45) is 1.01. The molecule has 0 aromatic carbocycles. The monoisotopic (exact) mass is 225 g/mol. The van der Waals surface area contributed by atoms with Gasteiger partial charge < -0.3 is 11.1 Å². The molecule has 0 aliphatic heterocycles. The van der Waals surface area contributed by atoms with Crippen molar-refractivity contribution in [2.75, 3.05) is 6.54 Å². The first kappa shape index (κ1) is 12.6. The van der Waals surface area contributed by atoms with E-state index in [2.05, 4.69) is 10.3 Å². The molecule has 1 amide bonds. The molecule has 1 aromatic rings. The van der Waals surface area contributed by atoms with Crippen LogP contribution in [0.3, 0.4) is 0 Å². The van der Waals surface area contributed by atoms with Crippen molar-refractivity contribution in [3.8, 4) is 0 Å². The van der Waals surface area contributed by atoms with Gasteiger partial charge in [0.2, 0.25) is 0 Å². The maximum absolute atomic E-state index is 12.6. The second kappa shape index (κ2) is 5.55. The van der Waals surface area contributed by atoms with E-state index in [1.165, 1.54) is 12.1 Å². The molecule has 4 nitrogen and oxygen atoms in total. The van der Waals surface area contributed by atoms with Crippen molar-refractivity contribution < 1.29 is 9.18 Å². The molecule has 1 aromatic heterocycles. The van der Waals surface area contributed by atoms with Crippen LogP contribution in [0.4, 0.5) is 4.39 Å². The lowest BCUT2D eigenvalue weighted by Gasteiger charge is -2.15. The molecule has 5 heteroatoms. The van der Waals surface area contributed by atoms with Crippen molar-refractivity contribution in [3.05, 3.63) is 29.8 Å². The van der Waals surface area contributed by atoms with E-state index in [1.54, 1.807) is 0 Å². The van der Waals surface area contributed by atoms with Crippen LogP contribution < -0.4 is 11.1 Å². The maximum atomic E-state index is 12.6. The van der Waals surface area contributed by atoms with E-state index in [9.17, 15) is 9.18 Å². The zero-order chi connectivity index (χ0) is 12.1. The average molecular weight is 225 g/mol. The van der Waals surface area contributed by atoms with Gasteiger partial charge in [0.05, 0.1) is 6.20 Å².